The van der Waals surface area contributed by atoms with Gasteiger partial charge in [-0.3, -0.25) is 4.79 Å². The molecule has 17 heavy (non-hydrogen) atoms. The van der Waals surface area contributed by atoms with Crippen molar-refractivity contribution >= 4 is 17.4 Å². The first-order valence-electron chi connectivity index (χ1n) is 5.62. The summed E-state index contributed by atoms with van der Waals surface area (Å²) in [5.41, 5.74) is 0.659. The summed E-state index contributed by atoms with van der Waals surface area (Å²) in [4.78, 5) is 11.6. The molecule has 0 aliphatic rings. The Morgan fingerprint density at radius 1 is 1.41 bits per heavy atom. The van der Waals surface area contributed by atoms with Crippen LogP contribution in [0.25, 0.3) is 0 Å². The maximum absolute atomic E-state index is 11.6. The molecule has 0 N–H and O–H groups in total. The van der Waals surface area contributed by atoms with E-state index in [-0.39, 0.29) is 5.78 Å². The van der Waals surface area contributed by atoms with Crippen LogP contribution < -0.4 is 9.47 Å². The molecule has 1 atom stereocenters. The summed E-state index contributed by atoms with van der Waals surface area (Å²) in [6, 6.07) is 5.39. The van der Waals surface area contributed by atoms with Crippen LogP contribution in [0.2, 0.25) is 0 Å². The van der Waals surface area contributed by atoms with E-state index in [1.54, 1.807) is 32.2 Å². The van der Waals surface area contributed by atoms with Crippen molar-refractivity contribution in [1.29, 1.82) is 0 Å². The maximum atomic E-state index is 11.6. The Bertz CT molecular complexity index is 390. The molecule has 1 unspecified atom stereocenters. The van der Waals surface area contributed by atoms with Gasteiger partial charge in [-0.15, -0.1) is 11.6 Å². The SMILES string of the molecule is CCOc1cccc(C(Cl)C(=O)CC)c1OC. The van der Waals surface area contributed by atoms with Crippen LogP contribution in [0.4, 0.5) is 0 Å². The van der Waals surface area contributed by atoms with Gasteiger partial charge in [-0.05, 0) is 13.0 Å². The summed E-state index contributed by atoms with van der Waals surface area (Å²) in [7, 11) is 1.54. The number of para-hydroxylation sites is 1. The topological polar surface area (TPSA) is 35.5 Å². The largest absolute Gasteiger partial charge is 0.493 e. The van der Waals surface area contributed by atoms with Crippen LogP contribution in [0.3, 0.4) is 0 Å². The summed E-state index contributed by atoms with van der Waals surface area (Å²) < 4.78 is 10.7. The fourth-order valence-corrected chi connectivity index (χ4v) is 1.90. The zero-order chi connectivity index (χ0) is 12.8. The smallest absolute Gasteiger partial charge is 0.165 e. The normalized spacial score (nSPS) is 12.0. The number of Topliss-reactive ketones (excluding diaryl/α,β-unsaturated/α-hetero) is 1. The van der Waals surface area contributed by atoms with Crippen molar-refractivity contribution in [2.24, 2.45) is 0 Å². The van der Waals surface area contributed by atoms with Crippen molar-refractivity contribution in [2.75, 3.05) is 13.7 Å². The second-order valence-electron chi connectivity index (χ2n) is 3.49. The average Bonchev–Trinajstić information content (AvgIpc) is 2.37. The van der Waals surface area contributed by atoms with Gasteiger partial charge in [-0.2, -0.15) is 0 Å². The van der Waals surface area contributed by atoms with E-state index < -0.39 is 5.38 Å². The summed E-state index contributed by atoms with van der Waals surface area (Å²) in [6.45, 7) is 4.21. The molecule has 0 aliphatic heterocycles. The minimum absolute atomic E-state index is 0.0291. The van der Waals surface area contributed by atoms with E-state index >= 15 is 0 Å². The molecule has 0 aromatic heterocycles. The van der Waals surface area contributed by atoms with Crippen LogP contribution >= 0.6 is 11.6 Å². The molecular weight excluding hydrogens is 240 g/mol. The molecule has 0 radical (unpaired) electrons. The van der Waals surface area contributed by atoms with E-state index in [9.17, 15) is 4.79 Å². The number of ketones is 1. The van der Waals surface area contributed by atoms with Gasteiger partial charge in [0, 0.05) is 12.0 Å². The third-order valence-electron chi connectivity index (χ3n) is 2.42. The zero-order valence-corrected chi connectivity index (χ0v) is 11.1. The quantitative estimate of drug-likeness (QED) is 0.732. The third-order valence-corrected chi connectivity index (χ3v) is 2.90. The fraction of sp³-hybridized carbons (Fsp3) is 0.462. The fourth-order valence-electron chi connectivity index (χ4n) is 1.57. The molecule has 0 spiro atoms. The first-order valence-corrected chi connectivity index (χ1v) is 6.05. The Balaban J connectivity index is 3.14. The number of alkyl halides is 1. The van der Waals surface area contributed by atoms with Crippen LogP contribution in [0.15, 0.2) is 18.2 Å². The Morgan fingerprint density at radius 3 is 2.65 bits per heavy atom. The van der Waals surface area contributed by atoms with Crippen LogP contribution in [0.1, 0.15) is 31.2 Å². The predicted molar refractivity (Wildman–Crippen MR) is 68.1 cm³/mol. The van der Waals surface area contributed by atoms with Gasteiger partial charge in [-0.25, -0.2) is 0 Å². The Kier molecular flexibility index (Phi) is 5.29. The highest BCUT2D eigenvalue weighted by Gasteiger charge is 2.22. The van der Waals surface area contributed by atoms with E-state index in [2.05, 4.69) is 0 Å². The van der Waals surface area contributed by atoms with E-state index in [0.717, 1.165) is 0 Å². The van der Waals surface area contributed by atoms with Crippen LogP contribution in [-0.2, 0) is 4.79 Å². The average molecular weight is 257 g/mol. The first-order chi connectivity index (χ1) is 8.15. The number of halogens is 1. The van der Waals surface area contributed by atoms with Gasteiger partial charge in [0.15, 0.2) is 17.3 Å². The summed E-state index contributed by atoms with van der Waals surface area (Å²) in [6.07, 6.45) is 0.399. The Morgan fingerprint density at radius 2 is 2.12 bits per heavy atom. The van der Waals surface area contributed by atoms with Crippen molar-refractivity contribution in [3.63, 3.8) is 0 Å². The molecule has 0 saturated heterocycles. The molecule has 1 aromatic carbocycles. The number of carbonyl (C=O) groups is 1. The molecule has 0 fully saturated rings. The number of carbonyl (C=O) groups excluding carboxylic acids is 1. The second-order valence-corrected chi connectivity index (χ2v) is 3.93. The lowest BCUT2D eigenvalue weighted by Gasteiger charge is -2.16. The summed E-state index contributed by atoms with van der Waals surface area (Å²) >= 11 is 6.13. The third kappa shape index (κ3) is 3.13. The van der Waals surface area contributed by atoms with E-state index in [4.69, 9.17) is 21.1 Å². The molecule has 0 heterocycles. The lowest BCUT2D eigenvalue weighted by Crippen LogP contribution is -2.07. The van der Waals surface area contributed by atoms with E-state index in [1.165, 1.54) is 0 Å². The molecule has 3 nitrogen and oxygen atoms in total. The van der Waals surface area contributed by atoms with E-state index in [0.29, 0.717) is 30.1 Å². The monoisotopic (exact) mass is 256 g/mol. The van der Waals surface area contributed by atoms with Gasteiger partial charge < -0.3 is 9.47 Å². The van der Waals surface area contributed by atoms with Crippen molar-refractivity contribution in [3.05, 3.63) is 23.8 Å². The number of ether oxygens (including phenoxy) is 2. The molecule has 1 aromatic rings. The van der Waals surface area contributed by atoms with Gasteiger partial charge in [0.1, 0.15) is 5.38 Å². The summed E-state index contributed by atoms with van der Waals surface area (Å²) in [5, 5.41) is -0.685. The molecule has 4 heteroatoms. The maximum Gasteiger partial charge on any atom is 0.165 e. The van der Waals surface area contributed by atoms with Crippen LogP contribution in [-0.4, -0.2) is 19.5 Å². The predicted octanol–water partition coefficient (Wildman–Crippen LogP) is 3.35. The Labute approximate surface area is 107 Å². The molecule has 0 saturated carbocycles. The van der Waals surface area contributed by atoms with Crippen LogP contribution in [0.5, 0.6) is 11.5 Å². The number of hydrogen-bond donors (Lipinski definition) is 0. The van der Waals surface area contributed by atoms with Gasteiger partial charge in [0.2, 0.25) is 0 Å². The molecule has 0 aliphatic carbocycles. The molecular formula is C13H17ClO3. The minimum atomic E-state index is -0.685. The van der Waals surface area contributed by atoms with Gasteiger partial charge in [-0.1, -0.05) is 19.1 Å². The van der Waals surface area contributed by atoms with Crippen LogP contribution in [0, 0.1) is 0 Å². The molecule has 0 amide bonds. The molecule has 1 rings (SSSR count). The number of hydrogen-bond acceptors (Lipinski definition) is 3. The van der Waals surface area contributed by atoms with Gasteiger partial charge in [0.05, 0.1) is 13.7 Å². The molecule has 94 valence electrons. The van der Waals surface area contributed by atoms with Gasteiger partial charge >= 0.3 is 0 Å². The molecule has 0 bridgehead atoms. The highest BCUT2D eigenvalue weighted by atomic mass is 35.5. The summed E-state index contributed by atoms with van der Waals surface area (Å²) in [5.74, 6) is 1.12. The highest BCUT2D eigenvalue weighted by molar-refractivity contribution is 6.31. The zero-order valence-electron chi connectivity index (χ0n) is 10.3. The van der Waals surface area contributed by atoms with Crippen molar-refractivity contribution < 1.29 is 14.3 Å². The van der Waals surface area contributed by atoms with Crippen molar-refractivity contribution in [1.82, 2.24) is 0 Å². The number of rotatable bonds is 6. The van der Waals surface area contributed by atoms with Crippen molar-refractivity contribution in [3.8, 4) is 11.5 Å². The number of methoxy groups -OCH3 is 1. The Hall–Kier alpha value is -1.22. The first kappa shape index (κ1) is 13.8. The lowest BCUT2D eigenvalue weighted by molar-refractivity contribution is -0.118. The van der Waals surface area contributed by atoms with Gasteiger partial charge in [0.25, 0.3) is 0 Å². The lowest BCUT2D eigenvalue weighted by atomic mass is 10.1. The minimum Gasteiger partial charge on any atom is -0.493 e. The number of benzene rings is 1. The standard InChI is InChI=1S/C13H17ClO3/c1-4-10(15)12(14)9-7-6-8-11(17-5-2)13(9)16-3/h6-8,12H,4-5H2,1-3H3. The van der Waals surface area contributed by atoms with E-state index in [1.807, 2.05) is 6.92 Å². The second kappa shape index (κ2) is 6.50. The highest BCUT2D eigenvalue weighted by Crippen LogP contribution is 2.38. The van der Waals surface area contributed by atoms with Crippen molar-refractivity contribution in [2.45, 2.75) is 25.6 Å².